The molecule has 0 aliphatic carbocycles. The zero-order valence-electron chi connectivity index (χ0n) is 28.3. The molecule has 0 bridgehead atoms. The Kier molecular flexibility index (Phi) is 32.3. The maximum atomic E-state index is 12.3. The fourth-order valence-corrected chi connectivity index (χ4v) is 5.24. The minimum Gasteiger partial charge on any atom is -0.394 e. The minimum atomic E-state index is -1.12. The maximum absolute atomic E-state index is 12.3. The van der Waals surface area contributed by atoms with Crippen LogP contribution in [0.5, 0.6) is 0 Å². The Morgan fingerprint density at radius 1 is 0.558 bits per heavy atom. The first-order valence-electron chi connectivity index (χ1n) is 18.3. The van der Waals surface area contributed by atoms with Gasteiger partial charge in [0, 0.05) is 0 Å². The number of unbranched alkanes of at least 4 members (excludes halogenated alkanes) is 20. The lowest BCUT2D eigenvalue weighted by Gasteiger charge is -2.21. The van der Waals surface area contributed by atoms with Crippen molar-refractivity contribution in [2.75, 3.05) is 6.61 Å². The largest absolute Gasteiger partial charge is 0.394 e. The summed E-state index contributed by atoms with van der Waals surface area (Å²) in [6, 6.07) is -0.817. The average molecular weight is 606 g/mol. The fourth-order valence-electron chi connectivity index (χ4n) is 5.24. The topological polar surface area (TPSA) is 89.8 Å². The minimum absolute atomic E-state index is 0.382. The highest BCUT2D eigenvalue weighted by Gasteiger charge is 2.22. The first kappa shape index (κ1) is 41.6. The summed E-state index contributed by atoms with van der Waals surface area (Å²) in [6.07, 6.45) is 40.3. The van der Waals surface area contributed by atoms with Crippen molar-refractivity contribution in [2.24, 2.45) is 0 Å². The lowest BCUT2D eigenvalue weighted by atomic mass is 10.0. The molecule has 0 aromatic carbocycles. The number of hydrogen-bond acceptors (Lipinski definition) is 4. The van der Waals surface area contributed by atoms with E-state index < -0.39 is 24.2 Å². The molecule has 0 fully saturated rings. The highest BCUT2D eigenvalue weighted by molar-refractivity contribution is 5.80. The quantitative estimate of drug-likeness (QED) is 0.0454. The van der Waals surface area contributed by atoms with Crippen LogP contribution in [0, 0.1) is 0 Å². The van der Waals surface area contributed by atoms with E-state index in [2.05, 4.69) is 43.5 Å². The smallest absolute Gasteiger partial charge is 0.249 e. The van der Waals surface area contributed by atoms with Crippen LogP contribution in [-0.4, -0.2) is 46.1 Å². The highest BCUT2D eigenvalue weighted by Crippen LogP contribution is 2.14. The molecule has 0 radical (unpaired) electrons. The van der Waals surface area contributed by atoms with E-state index in [1.165, 1.54) is 103 Å². The van der Waals surface area contributed by atoms with Crippen molar-refractivity contribution < 1.29 is 20.1 Å². The maximum Gasteiger partial charge on any atom is 0.249 e. The van der Waals surface area contributed by atoms with E-state index in [1.807, 2.05) is 6.08 Å². The standard InChI is InChI=1S/C38H71NO4/c1-3-5-7-9-11-13-14-15-16-17-18-19-20-21-22-23-25-26-28-30-32-36(41)35(34-40)39-38(43)37(42)33-31-29-27-24-12-10-8-6-4-2/h10,12,23,25,30,32,35-37,40-42H,3-9,11,13-22,24,26-29,31,33-34H2,1-2H3,(H,39,43)/b12-10-,25-23+,32-30+. The summed E-state index contributed by atoms with van der Waals surface area (Å²) in [5, 5.41) is 32.8. The number of rotatable bonds is 32. The molecular formula is C38H71NO4. The van der Waals surface area contributed by atoms with Gasteiger partial charge >= 0.3 is 0 Å². The molecule has 5 nitrogen and oxygen atoms in total. The molecule has 0 saturated carbocycles. The van der Waals surface area contributed by atoms with Crippen molar-refractivity contribution in [3.05, 3.63) is 36.5 Å². The van der Waals surface area contributed by atoms with Gasteiger partial charge in [-0.1, -0.05) is 159 Å². The van der Waals surface area contributed by atoms with Crippen LogP contribution in [0.3, 0.4) is 0 Å². The second-order valence-corrected chi connectivity index (χ2v) is 12.4. The van der Waals surface area contributed by atoms with Gasteiger partial charge in [-0.15, -0.1) is 0 Å². The molecule has 0 heterocycles. The van der Waals surface area contributed by atoms with Crippen molar-refractivity contribution in [3.8, 4) is 0 Å². The van der Waals surface area contributed by atoms with Gasteiger partial charge in [-0.2, -0.15) is 0 Å². The number of aliphatic hydroxyl groups is 3. The van der Waals surface area contributed by atoms with Crippen LogP contribution in [0.15, 0.2) is 36.5 Å². The van der Waals surface area contributed by atoms with Crippen molar-refractivity contribution in [3.63, 3.8) is 0 Å². The average Bonchev–Trinajstić information content (AvgIpc) is 3.01. The van der Waals surface area contributed by atoms with Crippen LogP contribution in [0.4, 0.5) is 0 Å². The summed E-state index contributed by atoms with van der Waals surface area (Å²) in [4.78, 5) is 12.3. The predicted molar refractivity (Wildman–Crippen MR) is 185 cm³/mol. The summed E-state index contributed by atoms with van der Waals surface area (Å²) < 4.78 is 0. The lowest BCUT2D eigenvalue weighted by molar-refractivity contribution is -0.131. The predicted octanol–water partition coefficient (Wildman–Crippen LogP) is 9.65. The SMILES string of the molecule is CCCC/C=C\CCCCCC(O)C(=O)NC(CO)C(O)/C=C/CC/C=C/CCCCCCCCCCCCCCCC. The first-order valence-corrected chi connectivity index (χ1v) is 18.3. The Hall–Kier alpha value is -1.43. The number of allylic oxidation sites excluding steroid dienone is 5. The number of aliphatic hydroxyl groups excluding tert-OH is 3. The molecule has 0 spiro atoms. The second-order valence-electron chi connectivity index (χ2n) is 12.4. The van der Waals surface area contributed by atoms with E-state index in [4.69, 9.17) is 0 Å². The van der Waals surface area contributed by atoms with Crippen molar-refractivity contribution in [2.45, 2.75) is 193 Å². The van der Waals surface area contributed by atoms with E-state index in [-0.39, 0.29) is 6.61 Å². The van der Waals surface area contributed by atoms with Crippen molar-refractivity contribution in [1.82, 2.24) is 5.32 Å². The summed E-state index contributed by atoms with van der Waals surface area (Å²) in [5.74, 6) is -0.530. The number of amides is 1. The molecule has 5 heteroatoms. The van der Waals surface area contributed by atoms with Gasteiger partial charge in [-0.25, -0.2) is 0 Å². The number of carbonyl (C=O) groups excluding carboxylic acids is 1. The van der Waals surface area contributed by atoms with Gasteiger partial charge in [0.15, 0.2) is 0 Å². The molecule has 0 saturated heterocycles. The third-order valence-corrected chi connectivity index (χ3v) is 8.20. The Morgan fingerprint density at radius 3 is 1.49 bits per heavy atom. The molecule has 0 rings (SSSR count). The normalized spacial score (nSPS) is 14.3. The Balaban J connectivity index is 3.77. The van der Waals surface area contributed by atoms with Gasteiger partial charge in [0.25, 0.3) is 0 Å². The lowest BCUT2D eigenvalue weighted by Crippen LogP contribution is -2.48. The monoisotopic (exact) mass is 606 g/mol. The molecule has 43 heavy (non-hydrogen) atoms. The van der Waals surface area contributed by atoms with Gasteiger partial charge < -0.3 is 20.6 Å². The van der Waals surface area contributed by atoms with E-state index >= 15 is 0 Å². The molecule has 0 aliphatic heterocycles. The van der Waals surface area contributed by atoms with Gasteiger partial charge in [-0.05, 0) is 51.4 Å². The third kappa shape index (κ3) is 29.1. The Labute approximate surface area is 266 Å². The van der Waals surface area contributed by atoms with Crippen LogP contribution < -0.4 is 5.32 Å². The van der Waals surface area contributed by atoms with E-state index in [9.17, 15) is 20.1 Å². The van der Waals surface area contributed by atoms with E-state index in [1.54, 1.807) is 6.08 Å². The molecule has 1 amide bonds. The molecular weight excluding hydrogens is 534 g/mol. The summed E-state index contributed by atoms with van der Waals surface area (Å²) in [7, 11) is 0. The number of nitrogens with one attached hydrogen (secondary N) is 1. The Morgan fingerprint density at radius 2 is 0.977 bits per heavy atom. The van der Waals surface area contributed by atoms with Gasteiger partial charge in [0.1, 0.15) is 6.10 Å². The summed E-state index contributed by atoms with van der Waals surface area (Å²) in [5.41, 5.74) is 0. The van der Waals surface area contributed by atoms with Crippen LogP contribution in [0.1, 0.15) is 174 Å². The molecule has 0 aliphatic rings. The first-order chi connectivity index (χ1) is 21.1. The fraction of sp³-hybridized carbons (Fsp3) is 0.816. The highest BCUT2D eigenvalue weighted by atomic mass is 16.3. The number of hydrogen-bond donors (Lipinski definition) is 4. The van der Waals surface area contributed by atoms with Gasteiger partial charge in [0.2, 0.25) is 5.91 Å². The van der Waals surface area contributed by atoms with Gasteiger partial charge in [0.05, 0.1) is 18.8 Å². The third-order valence-electron chi connectivity index (χ3n) is 8.20. The molecule has 0 aromatic heterocycles. The van der Waals surface area contributed by atoms with E-state index in [0.29, 0.717) is 6.42 Å². The summed E-state index contributed by atoms with van der Waals surface area (Å²) in [6.45, 7) is 4.09. The molecule has 0 aromatic rings. The van der Waals surface area contributed by atoms with Crippen LogP contribution in [0.2, 0.25) is 0 Å². The zero-order valence-corrected chi connectivity index (χ0v) is 28.3. The van der Waals surface area contributed by atoms with Crippen LogP contribution in [0.25, 0.3) is 0 Å². The Bertz CT molecular complexity index is 675. The van der Waals surface area contributed by atoms with Crippen LogP contribution >= 0.6 is 0 Å². The summed E-state index contributed by atoms with van der Waals surface area (Å²) >= 11 is 0. The van der Waals surface area contributed by atoms with Gasteiger partial charge in [-0.3, -0.25) is 4.79 Å². The number of carbonyl (C=O) groups is 1. The van der Waals surface area contributed by atoms with Crippen molar-refractivity contribution in [1.29, 1.82) is 0 Å². The zero-order chi connectivity index (χ0) is 31.6. The van der Waals surface area contributed by atoms with Crippen LogP contribution in [-0.2, 0) is 4.79 Å². The molecule has 3 atom stereocenters. The molecule has 3 unspecified atom stereocenters. The second kappa shape index (κ2) is 33.5. The van der Waals surface area contributed by atoms with E-state index in [0.717, 1.165) is 51.4 Å². The molecule has 252 valence electrons. The molecule has 4 N–H and O–H groups in total. The van der Waals surface area contributed by atoms with Crippen molar-refractivity contribution >= 4 is 5.91 Å².